The number of carbonyl (C=O) groups excluding carboxylic acids is 1. The lowest BCUT2D eigenvalue weighted by atomic mass is 9.89. The molecular weight excluding hydrogens is 348 g/mol. The van der Waals surface area contributed by atoms with Crippen molar-refractivity contribution in [3.05, 3.63) is 71.8 Å². The molecule has 0 N–H and O–H groups in total. The van der Waals surface area contributed by atoms with Crippen LogP contribution in [0.1, 0.15) is 36.8 Å². The number of rotatable bonds is 4. The van der Waals surface area contributed by atoms with Crippen molar-refractivity contribution in [2.24, 2.45) is 0 Å². The number of ether oxygens (including phenoxy) is 1. The van der Waals surface area contributed by atoms with E-state index < -0.39 is 0 Å². The predicted octanol–water partition coefficient (Wildman–Crippen LogP) is 3.53. The van der Waals surface area contributed by atoms with Crippen molar-refractivity contribution in [3.63, 3.8) is 0 Å². The largest absolute Gasteiger partial charge is 0.376 e. The van der Waals surface area contributed by atoms with Crippen molar-refractivity contribution in [1.29, 1.82) is 0 Å². The highest BCUT2D eigenvalue weighted by molar-refractivity contribution is 5.87. The summed E-state index contributed by atoms with van der Waals surface area (Å²) in [4.78, 5) is 18.2. The van der Waals surface area contributed by atoms with Crippen LogP contribution in [0.3, 0.4) is 0 Å². The van der Waals surface area contributed by atoms with Crippen molar-refractivity contribution >= 4 is 5.91 Å². The molecule has 2 saturated heterocycles. The summed E-state index contributed by atoms with van der Waals surface area (Å²) in [6.07, 6.45) is 2.41. The third-order valence-corrected chi connectivity index (χ3v) is 6.08. The average molecular weight is 379 g/mol. The average Bonchev–Trinajstić information content (AvgIpc) is 2.75. The zero-order valence-electron chi connectivity index (χ0n) is 16.7. The van der Waals surface area contributed by atoms with E-state index in [0.29, 0.717) is 12.1 Å². The molecule has 1 atom stereocenters. The second-order valence-corrected chi connectivity index (χ2v) is 7.99. The quantitative estimate of drug-likeness (QED) is 0.816. The van der Waals surface area contributed by atoms with Crippen molar-refractivity contribution in [2.75, 3.05) is 32.8 Å². The molecule has 2 fully saturated rings. The normalized spacial score (nSPS) is 21.8. The molecule has 1 amide bonds. The second-order valence-electron chi connectivity index (χ2n) is 7.99. The number of likely N-dealkylation sites (tertiary alicyclic amines) is 1. The van der Waals surface area contributed by atoms with E-state index >= 15 is 0 Å². The second kappa shape index (κ2) is 8.89. The first-order chi connectivity index (χ1) is 13.7. The minimum atomic E-state index is -0.220. The van der Waals surface area contributed by atoms with Crippen LogP contribution in [0.5, 0.6) is 0 Å². The summed E-state index contributed by atoms with van der Waals surface area (Å²) in [5.74, 6) is 0.00792. The van der Waals surface area contributed by atoms with E-state index in [1.807, 2.05) is 36.4 Å². The Labute approximate surface area is 168 Å². The smallest absolute Gasteiger partial charge is 0.234 e. The number of nitrogens with zero attached hydrogens (tertiary/aromatic N) is 2. The molecule has 0 aliphatic carbocycles. The summed E-state index contributed by atoms with van der Waals surface area (Å²) in [6, 6.07) is 20.9. The van der Waals surface area contributed by atoms with Gasteiger partial charge < -0.3 is 9.64 Å². The lowest BCUT2D eigenvalue weighted by Gasteiger charge is -2.42. The molecule has 2 aliphatic rings. The number of amides is 1. The van der Waals surface area contributed by atoms with Gasteiger partial charge >= 0.3 is 0 Å². The maximum Gasteiger partial charge on any atom is 0.234 e. The molecule has 0 spiro atoms. The van der Waals surface area contributed by atoms with Crippen molar-refractivity contribution in [2.45, 2.75) is 37.8 Å². The minimum absolute atomic E-state index is 0.220. The molecule has 0 radical (unpaired) electrons. The molecule has 2 aromatic rings. The molecule has 1 unspecified atom stereocenters. The van der Waals surface area contributed by atoms with E-state index in [9.17, 15) is 4.79 Å². The zero-order chi connectivity index (χ0) is 19.3. The van der Waals surface area contributed by atoms with E-state index in [-0.39, 0.29) is 11.8 Å². The van der Waals surface area contributed by atoms with Crippen LogP contribution in [-0.4, -0.2) is 60.6 Å². The van der Waals surface area contributed by atoms with Crippen LogP contribution in [0.4, 0.5) is 0 Å². The first-order valence-corrected chi connectivity index (χ1v) is 10.5. The van der Waals surface area contributed by atoms with Gasteiger partial charge in [-0.15, -0.1) is 0 Å². The van der Waals surface area contributed by atoms with E-state index in [0.717, 1.165) is 56.8 Å². The summed E-state index contributed by atoms with van der Waals surface area (Å²) in [7, 11) is 0. The Bertz CT molecular complexity index is 717. The highest BCUT2D eigenvalue weighted by Crippen LogP contribution is 2.29. The third-order valence-electron chi connectivity index (χ3n) is 6.08. The topological polar surface area (TPSA) is 32.8 Å². The van der Waals surface area contributed by atoms with Crippen LogP contribution in [0, 0.1) is 0 Å². The SMILES string of the molecule is CC1CN(C2CCN(C(=O)C(c3ccccc3)c3ccccc3)CC2)CCO1. The number of carbonyl (C=O) groups is 1. The van der Waals surface area contributed by atoms with E-state index in [2.05, 4.69) is 41.0 Å². The van der Waals surface area contributed by atoms with Gasteiger partial charge in [0.1, 0.15) is 0 Å². The number of hydrogen-bond donors (Lipinski definition) is 0. The summed E-state index contributed by atoms with van der Waals surface area (Å²) in [5, 5.41) is 0. The summed E-state index contributed by atoms with van der Waals surface area (Å²) >= 11 is 0. The minimum Gasteiger partial charge on any atom is -0.376 e. The first kappa shape index (κ1) is 19.2. The fraction of sp³-hybridized carbons (Fsp3) is 0.458. The van der Waals surface area contributed by atoms with Gasteiger partial charge in [0.05, 0.1) is 18.6 Å². The maximum atomic E-state index is 13.5. The Kier molecular flexibility index (Phi) is 6.08. The molecule has 2 heterocycles. The van der Waals surface area contributed by atoms with Crippen molar-refractivity contribution < 1.29 is 9.53 Å². The van der Waals surface area contributed by atoms with Gasteiger partial charge in [0, 0.05) is 32.2 Å². The van der Waals surface area contributed by atoms with Crippen molar-refractivity contribution in [1.82, 2.24) is 9.80 Å². The van der Waals surface area contributed by atoms with Gasteiger partial charge in [0.2, 0.25) is 5.91 Å². The molecule has 0 aromatic heterocycles. The molecule has 0 saturated carbocycles. The van der Waals surface area contributed by atoms with Crippen LogP contribution >= 0.6 is 0 Å². The van der Waals surface area contributed by atoms with Gasteiger partial charge in [-0.05, 0) is 30.9 Å². The summed E-state index contributed by atoms with van der Waals surface area (Å²) in [6.45, 7) is 6.67. The lowest BCUT2D eigenvalue weighted by Crippen LogP contribution is -2.52. The van der Waals surface area contributed by atoms with Gasteiger partial charge in [-0.25, -0.2) is 0 Å². The lowest BCUT2D eigenvalue weighted by molar-refractivity contribution is -0.134. The van der Waals surface area contributed by atoms with Gasteiger partial charge in [-0.3, -0.25) is 9.69 Å². The van der Waals surface area contributed by atoms with Crippen LogP contribution in [0.25, 0.3) is 0 Å². The van der Waals surface area contributed by atoms with Crippen LogP contribution < -0.4 is 0 Å². The highest BCUT2D eigenvalue weighted by Gasteiger charge is 2.33. The number of hydrogen-bond acceptors (Lipinski definition) is 3. The number of piperidine rings is 1. The van der Waals surface area contributed by atoms with E-state index in [4.69, 9.17) is 4.74 Å². The van der Waals surface area contributed by atoms with Crippen LogP contribution in [0.15, 0.2) is 60.7 Å². The van der Waals surface area contributed by atoms with Gasteiger partial charge in [-0.1, -0.05) is 60.7 Å². The number of morpholine rings is 1. The summed E-state index contributed by atoms with van der Waals surface area (Å²) < 4.78 is 5.68. The van der Waals surface area contributed by atoms with E-state index in [1.54, 1.807) is 0 Å². The molecule has 4 heteroatoms. The molecule has 4 nitrogen and oxygen atoms in total. The predicted molar refractivity (Wildman–Crippen MR) is 111 cm³/mol. The molecule has 2 aliphatic heterocycles. The molecular formula is C24H30N2O2. The maximum absolute atomic E-state index is 13.5. The van der Waals surface area contributed by atoms with Gasteiger partial charge in [0.25, 0.3) is 0 Å². The highest BCUT2D eigenvalue weighted by atomic mass is 16.5. The zero-order valence-corrected chi connectivity index (χ0v) is 16.7. The van der Waals surface area contributed by atoms with Crippen LogP contribution in [0.2, 0.25) is 0 Å². The Morgan fingerprint density at radius 2 is 1.50 bits per heavy atom. The Balaban J connectivity index is 1.46. The standard InChI is InChI=1S/C24H30N2O2/c1-19-18-26(16-17-28-19)22-12-14-25(15-13-22)24(27)23(20-8-4-2-5-9-20)21-10-6-3-7-11-21/h2-11,19,22-23H,12-18H2,1H3. The van der Waals surface area contributed by atoms with Crippen LogP contribution in [-0.2, 0) is 9.53 Å². The fourth-order valence-electron chi connectivity index (χ4n) is 4.58. The first-order valence-electron chi connectivity index (χ1n) is 10.5. The third kappa shape index (κ3) is 4.29. The number of benzene rings is 2. The molecule has 0 bridgehead atoms. The Morgan fingerprint density at radius 3 is 2.04 bits per heavy atom. The van der Waals surface area contributed by atoms with Crippen molar-refractivity contribution in [3.8, 4) is 0 Å². The van der Waals surface area contributed by atoms with Gasteiger partial charge in [0.15, 0.2) is 0 Å². The Morgan fingerprint density at radius 1 is 0.929 bits per heavy atom. The Hall–Kier alpha value is -2.17. The fourth-order valence-corrected chi connectivity index (χ4v) is 4.58. The van der Waals surface area contributed by atoms with E-state index in [1.165, 1.54) is 0 Å². The molecule has 2 aromatic carbocycles. The molecule has 28 heavy (non-hydrogen) atoms. The molecule has 4 rings (SSSR count). The van der Waals surface area contributed by atoms with Gasteiger partial charge in [-0.2, -0.15) is 0 Å². The summed E-state index contributed by atoms with van der Waals surface area (Å²) in [5.41, 5.74) is 2.14. The molecule has 148 valence electrons. The monoisotopic (exact) mass is 378 g/mol.